The maximum Gasteiger partial charge on any atom is 0.270 e. The first-order valence-corrected chi connectivity index (χ1v) is 6.74. The highest BCUT2D eigenvalue weighted by Crippen LogP contribution is 2.16. The molecule has 0 saturated heterocycles. The molecule has 2 heterocycles. The highest BCUT2D eigenvalue weighted by molar-refractivity contribution is 7.10. The molecule has 0 aliphatic heterocycles. The Morgan fingerprint density at radius 3 is 3.11 bits per heavy atom. The van der Waals surface area contributed by atoms with E-state index in [4.69, 9.17) is 5.73 Å². The van der Waals surface area contributed by atoms with Gasteiger partial charge in [0.15, 0.2) is 0 Å². The summed E-state index contributed by atoms with van der Waals surface area (Å²) in [6.45, 7) is 0.934. The van der Waals surface area contributed by atoms with Gasteiger partial charge in [-0.05, 0) is 18.2 Å². The average molecular weight is 273 g/mol. The molecule has 0 saturated carbocycles. The van der Waals surface area contributed by atoms with E-state index in [1.165, 1.54) is 0 Å². The van der Waals surface area contributed by atoms with Crippen molar-refractivity contribution < 1.29 is 4.79 Å². The molecular weight excluding hydrogens is 258 g/mol. The predicted molar refractivity (Wildman–Crippen MR) is 76.8 cm³/mol. The van der Waals surface area contributed by atoms with Gasteiger partial charge in [-0.25, -0.2) is 0 Å². The maximum atomic E-state index is 12.0. The summed E-state index contributed by atoms with van der Waals surface area (Å²) in [5, 5.41) is 1.98. The van der Waals surface area contributed by atoms with Crippen LogP contribution >= 0.6 is 11.3 Å². The first-order chi connectivity index (χ1) is 9.20. The molecule has 2 aromatic rings. The Bertz CT molecular complexity index is 604. The molecule has 0 spiro atoms. The van der Waals surface area contributed by atoms with E-state index in [1.54, 1.807) is 35.5 Å². The van der Waals surface area contributed by atoms with Crippen LogP contribution in [0, 0.1) is 11.8 Å². The van der Waals surface area contributed by atoms with Crippen molar-refractivity contribution in [1.29, 1.82) is 0 Å². The summed E-state index contributed by atoms with van der Waals surface area (Å²) in [5.74, 6) is 5.78. The molecule has 19 heavy (non-hydrogen) atoms. The number of nitrogens with one attached hydrogen (secondary N) is 1. The van der Waals surface area contributed by atoms with Gasteiger partial charge in [-0.2, -0.15) is 0 Å². The number of rotatable bonds is 3. The van der Waals surface area contributed by atoms with Crippen LogP contribution in [-0.2, 0) is 6.54 Å². The van der Waals surface area contributed by atoms with E-state index in [2.05, 4.69) is 16.8 Å². The quantitative estimate of drug-likeness (QED) is 0.835. The van der Waals surface area contributed by atoms with E-state index < -0.39 is 0 Å². The Labute approximate surface area is 116 Å². The standard InChI is InChI=1S/C14H15N3OS/c1-17(14(18)13-5-3-7-16-13)9-12-8-11(10-19-12)4-2-6-15/h3,5,7-8,10,16H,6,9,15H2,1H3. The minimum atomic E-state index is -0.0204. The zero-order chi connectivity index (χ0) is 13.7. The van der Waals surface area contributed by atoms with Gasteiger partial charge in [0.25, 0.3) is 5.91 Å². The highest BCUT2D eigenvalue weighted by atomic mass is 32.1. The number of carbonyl (C=O) groups is 1. The largest absolute Gasteiger partial charge is 0.357 e. The second kappa shape index (κ2) is 6.23. The molecule has 0 bridgehead atoms. The topological polar surface area (TPSA) is 62.1 Å². The number of carbonyl (C=O) groups excluding carboxylic acids is 1. The molecule has 0 fully saturated rings. The first kappa shape index (κ1) is 13.4. The molecule has 4 nitrogen and oxygen atoms in total. The van der Waals surface area contributed by atoms with E-state index in [0.29, 0.717) is 18.8 Å². The molecule has 0 aliphatic carbocycles. The fourth-order valence-electron chi connectivity index (χ4n) is 1.66. The van der Waals surface area contributed by atoms with Gasteiger partial charge in [0.05, 0.1) is 13.1 Å². The second-order valence-electron chi connectivity index (χ2n) is 4.05. The van der Waals surface area contributed by atoms with Gasteiger partial charge in [-0.1, -0.05) is 11.8 Å². The number of amides is 1. The summed E-state index contributed by atoms with van der Waals surface area (Å²) in [5.41, 5.74) is 6.88. The van der Waals surface area contributed by atoms with E-state index in [-0.39, 0.29) is 5.91 Å². The number of nitrogens with zero attached hydrogens (tertiary/aromatic N) is 1. The van der Waals surface area contributed by atoms with Crippen molar-refractivity contribution in [2.75, 3.05) is 13.6 Å². The molecule has 3 N–H and O–H groups in total. The third-order valence-corrected chi connectivity index (χ3v) is 3.48. The monoisotopic (exact) mass is 273 g/mol. The van der Waals surface area contributed by atoms with E-state index >= 15 is 0 Å². The Hall–Kier alpha value is -2.03. The number of nitrogens with two attached hydrogens (primary N) is 1. The molecule has 1 amide bonds. The zero-order valence-corrected chi connectivity index (χ0v) is 11.5. The van der Waals surface area contributed by atoms with Crippen LogP contribution in [0.15, 0.2) is 29.8 Å². The Morgan fingerprint density at radius 2 is 2.42 bits per heavy atom. The van der Waals surface area contributed by atoms with Crippen LogP contribution in [-0.4, -0.2) is 29.4 Å². The van der Waals surface area contributed by atoms with Gasteiger partial charge in [0, 0.05) is 29.1 Å². The molecule has 5 heteroatoms. The molecule has 0 unspecified atom stereocenters. The minimum Gasteiger partial charge on any atom is -0.357 e. The lowest BCUT2D eigenvalue weighted by molar-refractivity contribution is 0.0781. The van der Waals surface area contributed by atoms with Crippen molar-refractivity contribution in [3.05, 3.63) is 45.9 Å². The number of H-pyrrole nitrogens is 1. The average Bonchev–Trinajstić information content (AvgIpc) is 3.06. The van der Waals surface area contributed by atoms with Gasteiger partial charge in [0.1, 0.15) is 5.69 Å². The zero-order valence-electron chi connectivity index (χ0n) is 10.6. The van der Waals surface area contributed by atoms with Crippen LogP contribution in [0.4, 0.5) is 0 Å². The molecule has 2 rings (SSSR count). The molecule has 0 atom stereocenters. The molecule has 0 aliphatic rings. The molecule has 2 aromatic heterocycles. The lowest BCUT2D eigenvalue weighted by Gasteiger charge is -2.14. The highest BCUT2D eigenvalue weighted by Gasteiger charge is 2.13. The fourth-order valence-corrected chi connectivity index (χ4v) is 2.53. The van der Waals surface area contributed by atoms with Crippen LogP contribution in [0.2, 0.25) is 0 Å². The van der Waals surface area contributed by atoms with Crippen molar-refractivity contribution in [3.63, 3.8) is 0 Å². The summed E-state index contributed by atoms with van der Waals surface area (Å²) >= 11 is 1.60. The Balaban J connectivity index is 2.01. The van der Waals surface area contributed by atoms with Crippen LogP contribution in [0.1, 0.15) is 20.9 Å². The smallest absolute Gasteiger partial charge is 0.270 e. The van der Waals surface area contributed by atoms with Gasteiger partial charge in [0.2, 0.25) is 0 Å². The summed E-state index contributed by atoms with van der Waals surface area (Å²) in [6.07, 6.45) is 1.74. The van der Waals surface area contributed by atoms with Gasteiger partial charge in [-0.15, -0.1) is 11.3 Å². The summed E-state index contributed by atoms with van der Waals surface area (Å²) in [4.78, 5) is 17.7. The summed E-state index contributed by atoms with van der Waals surface area (Å²) in [6, 6.07) is 5.57. The van der Waals surface area contributed by atoms with Crippen molar-refractivity contribution >= 4 is 17.2 Å². The Morgan fingerprint density at radius 1 is 1.58 bits per heavy atom. The van der Waals surface area contributed by atoms with Crippen molar-refractivity contribution in [2.24, 2.45) is 5.73 Å². The van der Waals surface area contributed by atoms with Gasteiger partial charge < -0.3 is 15.6 Å². The van der Waals surface area contributed by atoms with Crippen molar-refractivity contribution in [1.82, 2.24) is 9.88 Å². The van der Waals surface area contributed by atoms with Crippen molar-refractivity contribution in [2.45, 2.75) is 6.54 Å². The second-order valence-corrected chi connectivity index (χ2v) is 5.05. The van der Waals surface area contributed by atoms with Gasteiger partial charge >= 0.3 is 0 Å². The summed E-state index contributed by atoms with van der Waals surface area (Å²) < 4.78 is 0. The normalized spacial score (nSPS) is 9.79. The van der Waals surface area contributed by atoms with Gasteiger partial charge in [-0.3, -0.25) is 4.79 Å². The molecule has 98 valence electrons. The first-order valence-electron chi connectivity index (χ1n) is 5.86. The van der Waals surface area contributed by atoms with E-state index in [9.17, 15) is 4.79 Å². The van der Waals surface area contributed by atoms with E-state index in [0.717, 1.165) is 10.4 Å². The number of aromatic amines is 1. The molecule has 0 aromatic carbocycles. The Kier molecular flexibility index (Phi) is 4.39. The molecular formula is C14H15N3OS. The van der Waals surface area contributed by atoms with Crippen LogP contribution in [0.25, 0.3) is 0 Å². The van der Waals surface area contributed by atoms with E-state index in [1.807, 2.05) is 17.5 Å². The summed E-state index contributed by atoms with van der Waals surface area (Å²) in [7, 11) is 1.79. The lowest BCUT2D eigenvalue weighted by Crippen LogP contribution is -2.26. The number of hydrogen-bond donors (Lipinski definition) is 2. The van der Waals surface area contributed by atoms with Crippen LogP contribution in [0.5, 0.6) is 0 Å². The van der Waals surface area contributed by atoms with Crippen LogP contribution < -0.4 is 5.73 Å². The number of hydrogen-bond acceptors (Lipinski definition) is 3. The lowest BCUT2D eigenvalue weighted by atomic mass is 10.3. The minimum absolute atomic E-state index is 0.0204. The predicted octanol–water partition coefficient (Wildman–Crippen LogP) is 1.66. The van der Waals surface area contributed by atoms with Crippen molar-refractivity contribution in [3.8, 4) is 11.8 Å². The third-order valence-electron chi connectivity index (χ3n) is 2.56. The third kappa shape index (κ3) is 3.47. The number of thiophene rings is 1. The SMILES string of the molecule is CN(Cc1cc(C#CCN)cs1)C(=O)c1ccc[nH]1. The molecule has 0 radical (unpaired) electrons. The maximum absolute atomic E-state index is 12.0. The van der Waals surface area contributed by atoms with Crippen LogP contribution in [0.3, 0.4) is 0 Å². The number of aromatic nitrogens is 1. The fraction of sp³-hybridized carbons (Fsp3) is 0.214.